The summed E-state index contributed by atoms with van der Waals surface area (Å²) in [4.78, 5) is 0. The van der Waals surface area contributed by atoms with Crippen molar-refractivity contribution in [2.75, 3.05) is 7.11 Å². The Kier molecular flexibility index (Phi) is 3.03. The van der Waals surface area contributed by atoms with E-state index < -0.39 is 0 Å². The molecule has 15 heavy (non-hydrogen) atoms. The number of methoxy groups -OCH3 is 1. The van der Waals surface area contributed by atoms with Crippen molar-refractivity contribution < 1.29 is 4.74 Å². The topological polar surface area (TPSA) is 14.2 Å². The highest BCUT2D eigenvalue weighted by molar-refractivity contribution is 9.10. The summed E-state index contributed by atoms with van der Waals surface area (Å²) >= 11 is 9.60. The summed E-state index contributed by atoms with van der Waals surface area (Å²) in [5, 5.41) is 0.659. The molecular weight excluding hydrogens is 277 g/mol. The quantitative estimate of drug-likeness (QED) is 0.816. The normalized spacial score (nSPS) is 10.3. The summed E-state index contributed by atoms with van der Waals surface area (Å²) in [6.45, 7) is 0. The van der Waals surface area contributed by atoms with E-state index in [2.05, 4.69) is 15.9 Å². The van der Waals surface area contributed by atoms with E-state index in [4.69, 9.17) is 16.3 Å². The molecule has 0 saturated heterocycles. The smallest absolute Gasteiger partial charge is 0.144 e. The first-order valence-corrected chi connectivity index (χ1v) is 5.57. The second kappa shape index (κ2) is 4.29. The molecule has 2 nitrogen and oxygen atoms in total. The van der Waals surface area contributed by atoms with Gasteiger partial charge in [-0.25, -0.2) is 0 Å². The van der Waals surface area contributed by atoms with Crippen LogP contribution in [0.3, 0.4) is 0 Å². The van der Waals surface area contributed by atoms with Crippen molar-refractivity contribution in [2.24, 2.45) is 0 Å². The first-order valence-electron chi connectivity index (χ1n) is 4.40. The van der Waals surface area contributed by atoms with Crippen molar-refractivity contribution >= 4 is 27.5 Å². The predicted octanol–water partition coefficient (Wildman–Crippen LogP) is 3.90. The highest BCUT2D eigenvalue weighted by Crippen LogP contribution is 2.32. The van der Waals surface area contributed by atoms with E-state index in [1.54, 1.807) is 7.11 Å². The number of halogens is 2. The molecule has 4 heteroatoms. The summed E-state index contributed by atoms with van der Waals surface area (Å²) in [7, 11) is 1.63. The third kappa shape index (κ3) is 1.90. The Hall–Kier alpha value is -0.930. The van der Waals surface area contributed by atoms with E-state index in [0.717, 1.165) is 16.0 Å². The number of para-hydroxylation sites is 1. The van der Waals surface area contributed by atoms with Crippen LogP contribution in [0, 0.1) is 0 Å². The molecule has 0 spiro atoms. The fraction of sp³-hybridized carbons (Fsp3) is 0.0909. The second-order valence-electron chi connectivity index (χ2n) is 2.99. The maximum absolute atomic E-state index is 6.15. The van der Waals surface area contributed by atoms with Crippen LogP contribution < -0.4 is 4.74 Å². The van der Waals surface area contributed by atoms with E-state index in [0.29, 0.717) is 5.02 Å². The average molecular weight is 287 g/mol. The van der Waals surface area contributed by atoms with E-state index >= 15 is 0 Å². The van der Waals surface area contributed by atoms with Crippen molar-refractivity contribution in [1.82, 2.24) is 4.57 Å². The van der Waals surface area contributed by atoms with E-state index in [1.807, 2.05) is 41.1 Å². The molecule has 78 valence electrons. The zero-order chi connectivity index (χ0) is 10.8. The van der Waals surface area contributed by atoms with Crippen LogP contribution in [0.1, 0.15) is 0 Å². The van der Waals surface area contributed by atoms with Crippen LogP contribution in [0.15, 0.2) is 41.1 Å². The molecule has 1 heterocycles. The van der Waals surface area contributed by atoms with Crippen molar-refractivity contribution in [3.05, 3.63) is 46.2 Å². The maximum atomic E-state index is 6.15. The van der Waals surface area contributed by atoms with Gasteiger partial charge in [0.2, 0.25) is 0 Å². The Morgan fingerprint density at radius 3 is 2.67 bits per heavy atom. The summed E-state index contributed by atoms with van der Waals surface area (Å²) in [6, 6.07) is 9.47. The lowest BCUT2D eigenvalue weighted by Gasteiger charge is -2.12. The van der Waals surface area contributed by atoms with Crippen LogP contribution in [0.4, 0.5) is 0 Å². The molecule has 2 rings (SSSR count). The Balaban J connectivity index is 2.66. The van der Waals surface area contributed by atoms with Gasteiger partial charge in [-0.05, 0) is 40.2 Å². The van der Waals surface area contributed by atoms with Gasteiger partial charge in [0.1, 0.15) is 11.4 Å². The molecule has 0 N–H and O–H groups in total. The summed E-state index contributed by atoms with van der Waals surface area (Å²) in [6.07, 6.45) is 1.92. The highest BCUT2D eigenvalue weighted by Gasteiger charge is 2.10. The van der Waals surface area contributed by atoms with Gasteiger partial charge in [0.05, 0.1) is 16.7 Å². The number of nitrogens with zero attached hydrogens (tertiary/aromatic N) is 1. The molecule has 0 fully saturated rings. The Morgan fingerprint density at radius 2 is 2.07 bits per heavy atom. The summed E-state index contributed by atoms with van der Waals surface area (Å²) < 4.78 is 8.15. The first kappa shape index (κ1) is 10.6. The van der Waals surface area contributed by atoms with Crippen LogP contribution in [0.5, 0.6) is 5.75 Å². The van der Waals surface area contributed by atoms with Crippen LogP contribution >= 0.6 is 27.5 Å². The molecule has 0 saturated carbocycles. The zero-order valence-corrected chi connectivity index (χ0v) is 10.4. The lowest BCUT2D eigenvalue weighted by molar-refractivity contribution is 0.413. The van der Waals surface area contributed by atoms with Crippen LogP contribution in [-0.2, 0) is 0 Å². The molecule has 0 aliphatic rings. The van der Waals surface area contributed by atoms with Gasteiger partial charge < -0.3 is 9.30 Å². The fourth-order valence-corrected chi connectivity index (χ4v) is 2.14. The van der Waals surface area contributed by atoms with Crippen LogP contribution in [0.2, 0.25) is 5.02 Å². The van der Waals surface area contributed by atoms with E-state index in [1.165, 1.54) is 0 Å². The number of hydrogen-bond donors (Lipinski definition) is 0. The third-order valence-corrected chi connectivity index (χ3v) is 3.06. The number of hydrogen-bond acceptors (Lipinski definition) is 1. The lowest BCUT2D eigenvalue weighted by atomic mass is 10.3. The zero-order valence-electron chi connectivity index (χ0n) is 8.08. The Bertz CT molecular complexity index is 481. The molecule has 0 aliphatic heterocycles. The van der Waals surface area contributed by atoms with E-state index in [9.17, 15) is 0 Å². The highest BCUT2D eigenvalue weighted by atomic mass is 79.9. The minimum Gasteiger partial charge on any atom is -0.495 e. The first-order chi connectivity index (χ1) is 7.24. The molecule has 1 aromatic heterocycles. The minimum absolute atomic E-state index is 0.659. The summed E-state index contributed by atoms with van der Waals surface area (Å²) in [5.41, 5.74) is 0.846. The molecule has 0 bridgehead atoms. The minimum atomic E-state index is 0.659. The standard InChI is InChI=1S/C11H9BrClNO/c1-15-9-5-2-4-8(13)11(9)14-7-3-6-10(14)12/h2-7H,1H3. The lowest BCUT2D eigenvalue weighted by Crippen LogP contribution is -1.97. The monoisotopic (exact) mass is 285 g/mol. The van der Waals surface area contributed by atoms with Crippen LogP contribution in [0.25, 0.3) is 5.69 Å². The van der Waals surface area contributed by atoms with Crippen LogP contribution in [-0.4, -0.2) is 11.7 Å². The van der Waals surface area contributed by atoms with Crippen molar-refractivity contribution in [1.29, 1.82) is 0 Å². The molecule has 0 atom stereocenters. The van der Waals surface area contributed by atoms with Gasteiger partial charge >= 0.3 is 0 Å². The van der Waals surface area contributed by atoms with Crippen molar-refractivity contribution in [3.8, 4) is 11.4 Å². The molecule has 2 aromatic rings. The second-order valence-corrected chi connectivity index (χ2v) is 4.21. The molecule has 1 aromatic carbocycles. The van der Waals surface area contributed by atoms with Gasteiger partial charge in [-0.1, -0.05) is 17.7 Å². The number of ether oxygens (including phenoxy) is 1. The molecule has 0 amide bonds. The van der Waals surface area contributed by atoms with Gasteiger partial charge in [0.25, 0.3) is 0 Å². The van der Waals surface area contributed by atoms with Gasteiger partial charge in [-0.15, -0.1) is 0 Å². The third-order valence-electron chi connectivity index (χ3n) is 2.11. The molecule has 0 aliphatic carbocycles. The predicted molar refractivity (Wildman–Crippen MR) is 65.0 cm³/mol. The Labute approximate surface area is 102 Å². The molecular formula is C11H9BrClNO. The Morgan fingerprint density at radius 1 is 1.27 bits per heavy atom. The van der Waals surface area contributed by atoms with Gasteiger partial charge in [-0.3, -0.25) is 0 Å². The van der Waals surface area contributed by atoms with Gasteiger partial charge in [0, 0.05) is 6.20 Å². The van der Waals surface area contributed by atoms with Crippen molar-refractivity contribution in [3.63, 3.8) is 0 Å². The fourth-order valence-electron chi connectivity index (χ4n) is 1.44. The molecule has 0 unspecified atom stereocenters. The maximum Gasteiger partial charge on any atom is 0.144 e. The number of aromatic nitrogens is 1. The number of rotatable bonds is 2. The SMILES string of the molecule is COc1cccc(Cl)c1-n1cccc1Br. The van der Waals surface area contributed by atoms with Crippen molar-refractivity contribution in [2.45, 2.75) is 0 Å². The van der Waals surface area contributed by atoms with Gasteiger partial charge in [-0.2, -0.15) is 0 Å². The van der Waals surface area contributed by atoms with E-state index in [-0.39, 0.29) is 0 Å². The number of benzene rings is 1. The molecule has 0 radical (unpaired) electrons. The average Bonchev–Trinajstić information content (AvgIpc) is 2.64. The largest absolute Gasteiger partial charge is 0.495 e. The summed E-state index contributed by atoms with van der Waals surface area (Å²) in [5.74, 6) is 0.749. The van der Waals surface area contributed by atoms with Gasteiger partial charge in [0.15, 0.2) is 0 Å².